The fourth-order valence-electron chi connectivity index (χ4n) is 1.36. The van der Waals surface area contributed by atoms with E-state index in [-0.39, 0.29) is 0 Å². The number of rotatable bonds is 5. The first kappa shape index (κ1) is 20.3. The summed E-state index contributed by atoms with van der Waals surface area (Å²) in [6.45, 7) is 0. The Morgan fingerprint density at radius 3 is 1.36 bits per heavy atom. The molecular formula is C10H6F10N2. The van der Waals surface area contributed by atoms with Gasteiger partial charge in [0.05, 0.1) is 12.1 Å². The number of nitrogens with zero attached hydrogens (tertiary/aromatic N) is 2. The predicted octanol–water partition coefficient (Wildman–Crippen LogP) is 4.59. The van der Waals surface area contributed by atoms with Crippen molar-refractivity contribution in [3.05, 3.63) is 0 Å². The smallest absolute Gasteiger partial charge is 0.199 e. The van der Waals surface area contributed by atoms with E-state index < -0.39 is 48.9 Å². The molecule has 0 aromatic heterocycles. The molecule has 0 amide bonds. The van der Waals surface area contributed by atoms with Gasteiger partial charge in [0.25, 0.3) is 0 Å². The second-order valence-corrected chi connectivity index (χ2v) is 4.37. The van der Waals surface area contributed by atoms with Gasteiger partial charge in [-0.1, -0.05) is 0 Å². The Morgan fingerprint density at radius 1 is 0.682 bits per heavy atom. The fourth-order valence-corrected chi connectivity index (χ4v) is 1.36. The number of nitriles is 2. The zero-order valence-corrected chi connectivity index (χ0v) is 10.3. The third-order valence-electron chi connectivity index (χ3n) is 2.60. The monoisotopic (exact) mass is 344 g/mol. The van der Waals surface area contributed by atoms with Crippen molar-refractivity contribution in [3.8, 4) is 12.1 Å². The van der Waals surface area contributed by atoms with E-state index in [2.05, 4.69) is 0 Å². The minimum atomic E-state index is -6.70. The van der Waals surface area contributed by atoms with Crippen molar-refractivity contribution < 1.29 is 43.9 Å². The maximum atomic E-state index is 13.1. The van der Waals surface area contributed by atoms with Gasteiger partial charge in [-0.05, 0) is 6.42 Å². The summed E-state index contributed by atoms with van der Waals surface area (Å²) in [5.41, 5.74) is -3.34. The van der Waals surface area contributed by atoms with Gasteiger partial charge >= 0.3 is 24.2 Å². The standard InChI is InChI=1S/C10H6F10N2/c11-7(12,9(16,17)10(18,19)20)3-6(4-21,5-22)1-2-8(13,14)15/h1-3H2. The van der Waals surface area contributed by atoms with Crippen molar-refractivity contribution in [2.24, 2.45) is 5.41 Å². The van der Waals surface area contributed by atoms with Crippen LogP contribution in [0, 0.1) is 28.1 Å². The molecule has 0 unspecified atom stereocenters. The average Bonchev–Trinajstić information content (AvgIpc) is 2.32. The molecular weight excluding hydrogens is 338 g/mol. The van der Waals surface area contributed by atoms with Crippen LogP contribution in [0.4, 0.5) is 43.9 Å². The first-order valence-corrected chi connectivity index (χ1v) is 5.25. The summed E-state index contributed by atoms with van der Waals surface area (Å²) in [4.78, 5) is 0. The second-order valence-electron chi connectivity index (χ2n) is 4.37. The highest BCUT2D eigenvalue weighted by Gasteiger charge is 2.74. The largest absolute Gasteiger partial charge is 0.459 e. The first-order chi connectivity index (χ1) is 9.54. The Labute approximate surface area is 116 Å². The highest BCUT2D eigenvalue weighted by Crippen LogP contribution is 2.51. The highest BCUT2D eigenvalue weighted by molar-refractivity contribution is 5.16. The molecule has 0 spiro atoms. The summed E-state index contributed by atoms with van der Waals surface area (Å²) >= 11 is 0. The lowest BCUT2D eigenvalue weighted by Gasteiger charge is -2.31. The maximum Gasteiger partial charge on any atom is 0.459 e. The van der Waals surface area contributed by atoms with Gasteiger partial charge in [-0.25, -0.2) is 0 Å². The molecule has 12 heteroatoms. The quantitative estimate of drug-likeness (QED) is 0.685. The lowest BCUT2D eigenvalue weighted by Crippen LogP contribution is -2.53. The summed E-state index contributed by atoms with van der Waals surface area (Å²) in [7, 11) is 0. The van der Waals surface area contributed by atoms with Crippen LogP contribution in [0.5, 0.6) is 0 Å². The highest BCUT2D eigenvalue weighted by atomic mass is 19.4. The molecule has 0 heterocycles. The Balaban J connectivity index is 5.52. The third kappa shape index (κ3) is 4.39. The molecule has 0 aliphatic rings. The Morgan fingerprint density at radius 2 is 1.09 bits per heavy atom. The molecule has 22 heavy (non-hydrogen) atoms. The van der Waals surface area contributed by atoms with E-state index in [1.165, 1.54) is 0 Å². The predicted molar refractivity (Wildman–Crippen MR) is 49.5 cm³/mol. The van der Waals surface area contributed by atoms with Crippen molar-refractivity contribution in [2.75, 3.05) is 0 Å². The molecule has 0 aromatic rings. The Hall–Kier alpha value is -1.72. The molecule has 0 rings (SSSR count). The van der Waals surface area contributed by atoms with Crippen LogP contribution >= 0.6 is 0 Å². The summed E-state index contributed by atoms with van der Waals surface area (Å²) in [6, 6.07) is 1.35. The summed E-state index contributed by atoms with van der Waals surface area (Å²) in [5.74, 6) is -12.5. The van der Waals surface area contributed by atoms with Crippen LogP contribution in [0.15, 0.2) is 0 Å². The van der Waals surface area contributed by atoms with Gasteiger partial charge in [-0.15, -0.1) is 0 Å². The molecule has 0 atom stereocenters. The second kappa shape index (κ2) is 5.82. The molecule has 0 saturated carbocycles. The minimum absolute atomic E-state index is 0.676. The van der Waals surface area contributed by atoms with Gasteiger partial charge in [0.2, 0.25) is 0 Å². The van der Waals surface area contributed by atoms with Crippen LogP contribution in [-0.2, 0) is 0 Å². The molecule has 0 aliphatic carbocycles. The maximum absolute atomic E-state index is 13.1. The van der Waals surface area contributed by atoms with E-state index in [4.69, 9.17) is 10.5 Å². The van der Waals surface area contributed by atoms with Crippen LogP contribution in [0.2, 0.25) is 0 Å². The van der Waals surface area contributed by atoms with Crippen molar-refractivity contribution in [2.45, 2.75) is 43.5 Å². The number of hydrogen-bond acceptors (Lipinski definition) is 2. The van der Waals surface area contributed by atoms with Crippen LogP contribution in [-0.4, -0.2) is 24.2 Å². The number of halogens is 10. The molecule has 126 valence electrons. The topological polar surface area (TPSA) is 47.6 Å². The van der Waals surface area contributed by atoms with Gasteiger partial charge in [0.15, 0.2) is 0 Å². The van der Waals surface area contributed by atoms with Crippen molar-refractivity contribution in [1.29, 1.82) is 10.5 Å². The SMILES string of the molecule is N#CC(C#N)(CCC(F)(F)F)CC(F)(F)C(F)(F)C(F)(F)F. The van der Waals surface area contributed by atoms with Crippen LogP contribution < -0.4 is 0 Å². The van der Waals surface area contributed by atoms with E-state index in [1.54, 1.807) is 0 Å². The zero-order valence-electron chi connectivity index (χ0n) is 10.3. The molecule has 0 fully saturated rings. The number of alkyl halides is 10. The van der Waals surface area contributed by atoms with Crippen LogP contribution in [0.25, 0.3) is 0 Å². The molecule has 0 aliphatic heterocycles. The van der Waals surface area contributed by atoms with E-state index in [0.29, 0.717) is 12.1 Å². The van der Waals surface area contributed by atoms with Crippen LogP contribution in [0.1, 0.15) is 19.3 Å². The Kier molecular flexibility index (Phi) is 5.36. The normalized spacial score (nSPS) is 14.4. The van der Waals surface area contributed by atoms with Gasteiger partial charge < -0.3 is 0 Å². The van der Waals surface area contributed by atoms with Gasteiger partial charge in [0.1, 0.15) is 5.41 Å². The fraction of sp³-hybridized carbons (Fsp3) is 0.800. The lowest BCUT2D eigenvalue weighted by molar-refractivity contribution is -0.358. The molecule has 0 bridgehead atoms. The van der Waals surface area contributed by atoms with E-state index in [1.807, 2.05) is 0 Å². The average molecular weight is 344 g/mol. The van der Waals surface area contributed by atoms with Crippen molar-refractivity contribution >= 4 is 0 Å². The van der Waals surface area contributed by atoms with Gasteiger partial charge in [0, 0.05) is 12.8 Å². The third-order valence-corrected chi connectivity index (χ3v) is 2.60. The van der Waals surface area contributed by atoms with Crippen LogP contribution in [0.3, 0.4) is 0 Å². The molecule has 2 nitrogen and oxygen atoms in total. The zero-order chi connectivity index (χ0) is 18.0. The van der Waals surface area contributed by atoms with Crippen molar-refractivity contribution in [1.82, 2.24) is 0 Å². The summed E-state index contributed by atoms with van der Waals surface area (Å²) < 4.78 is 123. The molecule has 0 aromatic carbocycles. The van der Waals surface area contributed by atoms with Gasteiger partial charge in [-0.3, -0.25) is 0 Å². The molecule has 0 N–H and O–H groups in total. The minimum Gasteiger partial charge on any atom is -0.199 e. The van der Waals surface area contributed by atoms with Gasteiger partial charge in [-0.2, -0.15) is 54.4 Å². The molecule has 0 radical (unpaired) electrons. The first-order valence-electron chi connectivity index (χ1n) is 5.25. The van der Waals surface area contributed by atoms with E-state index in [9.17, 15) is 43.9 Å². The lowest BCUT2D eigenvalue weighted by atomic mass is 9.79. The van der Waals surface area contributed by atoms with E-state index in [0.717, 1.165) is 0 Å². The number of hydrogen-bond donors (Lipinski definition) is 0. The van der Waals surface area contributed by atoms with Crippen molar-refractivity contribution in [3.63, 3.8) is 0 Å². The summed E-state index contributed by atoms with van der Waals surface area (Å²) in [5, 5.41) is 17.0. The molecule has 0 saturated heterocycles. The van der Waals surface area contributed by atoms with E-state index >= 15 is 0 Å². The summed E-state index contributed by atoms with van der Waals surface area (Å²) in [6.07, 6.45) is -18.0. The Bertz CT molecular complexity index is 462.